The molecule has 0 saturated carbocycles. The van der Waals surface area contributed by atoms with E-state index < -0.39 is 0 Å². The lowest BCUT2D eigenvalue weighted by Crippen LogP contribution is -2.52. The van der Waals surface area contributed by atoms with Crippen molar-refractivity contribution >= 4 is 16.8 Å². The van der Waals surface area contributed by atoms with Gasteiger partial charge in [-0.3, -0.25) is 14.3 Å². The zero-order valence-electron chi connectivity index (χ0n) is 20.9. The smallest absolute Gasteiger partial charge is 0.166 e. The number of terminal acetylenes is 1. The second-order valence-corrected chi connectivity index (χ2v) is 9.63. The van der Waals surface area contributed by atoms with E-state index in [9.17, 15) is 4.79 Å². The first-order chi connectivity index (χ1) is 18.0. The summed E-state index contributed by atoms with van der Waals surface area (Å²) < 4.78 is 15.2. The molecule has 0 radical (unpaired) electrons. The van der Waals surface area contributed by atoms with E-state index in [1.54, 1.807) is 23.1 Å². The number of Topliss-reactive ketones (excluding diaryl/α,β-unsaturated/α-hetero) is 1. The average molecular weight is 513 g/mol. The highest BCUT2D eigenvalue weighted by molar-refractivity contribution is 5.97. The third-order valence-electron chi connectivity index (χ3n) is 7.16. The summed E-state index contributed by atoms with van der Waals surface area (Å²) in [5.41, 5.74) is 3.45. The number of piperidine rings is 1. The monoisotopic (exact) mass is 512 g/mol. The van der Waals surface area contributed by atoms with Gasteiger partial charge in [-0.25, -0.2) is 14.6 Å². The Balaban J connectivity index is 0.00000294. The molecule has 2 fully saturated rings. The molecule has 9 nitrogen and oxygen atoms in total. The number of fused-ring (bicyclic) bond motifs is 1. The quantitative estimate of drug-likeness (QED) is 0.285. The normalized spacial score (nSPS) is 16.6. The van der Waals surface area contributed by atoms with Crippen molar-refractivity contribution in [3.63, 3.8) is 0 Å². The second-order valence-electron chi connectivity index (χ2n) is 9.63. The van der Waals surface area contributed by atoms with Crippen molar-refractivity contribution in [3.8, 4) is 29.7 Å². The number of imidazole rings is 1. The molecule has 0 atom stereocenters. The molecule has 0 unspecified atom stereocenters. The van der Waals surface area contributed by atoms with Gasteiger partial charge >= 0.3 is 0 Å². The maximum Gasteiger partial charge on any atom is 0.166 e. The number of hydrogen-bond acceptors (Lipinski definition) is 7. The SMILES string of the molecule is C.C#Cc1cc(C)n(-c2nc(-n3cnc4ccc(OC5CCN(C6COC6)CC5)cc43)ccc2C(C)=O)n1. The number of carbonyl (C=O) groups excluding carboxylic acids is 1. The average Bonchev–Trinajstić information content (AvgIpc) is 3.46. The Hall–Kier alpha value is -4.00. The van der Waals surface area contributed by atoms with Gasteiger partial charge in [-0.1, -0.05) is 7.43 Å². The summed E-state index contributed by atoms with van der Waals surface area (Å²) in [6, 6.07) is 11.9. The van der Waals surface area contributed by atoms with Gasteiger partial charge in [0.1, 0.15) is 29.7 Å². The summed E-state index contributed by atoms with van der Waals surface area (Å²) in [7, 11) is 0. The first-order valence-electron chi connectivity index (χ1n) is 12.5. The van der Waals surface area contributed by atoms with E-state index in [2.05, 4.69) is 20.9 Å². The molecule has 4 aromatic rings. The standard InChI is InChI=1S/C28H28N6O3.CH4/c1-4-20-13-18(2)34(31-20)28-24(19(3)35)6-8-27(30-28)33-17-29-25-7-5-23(14-26(25)33)37-22-9-11-32(12-10-22)21-15-36-16-21;/h1,5-8,13-14,17,21-22H,9-12,15-16H2,2-3H3;1H4. The van der Waals surface area contributed by atoms with Gasteiger partial charge in [0.15, 0.2) is 11.6 Å². The summed E-state index contributed by atoms with van der Waals surface area (Å²) in [6.07, 6.45) is 9.44. The zero-order valence-corrected chi connectivity index (χ0v) is 20.9. The van der Waals surface area contributed by atoms with Crippen LogP contribution in [0, 0.1) is 19.3 Å². The Morgan fingerprint density at radius 2 is 1.95 bits per heavy atom. The fraction of sp³-hybridized carbons (Fsp3) is 0.379. The first kappa shape index (κ1) is 25.6. The molecule has 6 rings (SSSR count). The molecule has 5 heterocycles. The number of aryl methyl sites for hydroxylation is 1. The maximum absolute atomic E-state index is 12.4. The molecule has 0 amide bonds. The predicted octanol–water partition coefficient (Wildman–Crippen LogP) is 3.98. The van der Waals surface area contributed by atoms with Gasteiger partial charge in [0, 0.05) is 24.8 Å². The van der Waals surface area contributed by atoms with Crippen molar-refractivity contribution in [2.45, 2.75) is 46.3 Å². The molecule has 0 spiro atoms. The molecule has 2 aliphatic rings. The maximum atomic E-state index is 12.4. The van der Waals surface area contributed by atoms with Crippen molar-refractivity contribution in [3.05, 3.63) is 59.7 Å². The van der Waals surface area contributed by atoms with Crippen molar-refractivity contribution in [1.29, 1.82) is 0 Å². The van der Waals surface area contributed by atoms with Crippen molar-refractivity contribution in [1.82, 2.24) is 29.2 Å². The molecule has 196 valence electrons. The van der Waals surface area contributed by atoms with E-state index in [0.717, 1.165) is 61.6 Å². The van der Waals surface area contributed by atoms with E-state index in [4.69, 9.17) is 20.9 Å². The highest BCUT2D eigenvalue weighted by Gasteiger charge is 2.30. The van der Waals surface area contributed by atoms with Crippen LogP contribution < -0.4 is 4.74 Å². The van der Waals surface area contributed by atoms with Crippen LogP contribution in [0.5, 0.6) is 5.75 Å². The number of nitrogens with zero attached hydrogens (tertiary/aromatic N) is 6. The van der Waals surface area contributed by atoms with Crippen LogP contribution in [-0.2, 0) is 4.74 Å². The minimum atomic E-state index is -0.103. The highest BCUT2D eigenvalue weighted by atomic mass is 16.5. The third kappa shape index (κ3) is 4.69. The van der Waals surface area contributed by atoms with Crippen LogP contribution in [-0.4, -0.2) is 73.4 Å². The zero-order chi connectivity index (χ0) is 25.5. The Morgan fingerprint density at radius 3 is 2.61 bits per heavy atom. The van der Waals surface area contributed by atoms with E-state index >= 15 is 0 Å². The fourth-order valence-corrected chi connectivity index (χ4v) is 5.00. The number of benzene rings is 1. The van der Waals surface area contributed by atoms with E-state index in [1.165, 1.54) is 6.92 Å². The van der Waals surface area contributed by atoms with Gasteiger partial charge in [0.2, 0.25) is 0 Å². The number of likely N-dealkylation sites (tertiary alicyclic amines) is 1. The lowest BCUT2D eigenvalue weighted by atomic mass is 10.0. The van der Waals surface area contributed by atoms with Crippen LogP contribution in [0.1, 0.15) is 48.9 Å². The predicted molar refractivity (Wildman–Crippen MR) is 145 cm³/mol. The second kappa shape index (κ2) is 10.4. The van der Waals surface area contributed by atoms with Crippen LogP contribution >= 0.6 is 0 Å². The number of pyridine rings is 1. The van der Waals surface area contributed by atoms with Gasteiger partial charge in [0.25, 0.3) is 0 Å². The molecule has 1 aromatic carbocycles. The lowest BCUT2D eigenvalue weighted by Gasteiger charge is -2.41. The summed E-state index contributed by atoms with van der Waals surface area (Å²) in [6.45, 7) is 7.15. The molecule has 2 saturated heterocycles. The summed E-state index contributed by atoms with van der Waals surface area (Å²) in [5.74, 6) is 4.30. The van der Waals surface area contributed by atoms with Gasteiger partial charge < -0.3 is 9.47 Å². The molecule has 0 aliphatic carbocycles. The van der Waals surface area contributed by atoms with Crippen LogP contribution in [0.4, 0.5) is 0 Å². The number of ether oxygens (including phenoxy) is 2. The van der Waals surface area contributed by atoms with E-state index in [0.29, 0.717) is 28.9 Å². The molecular formula is C29H32N6O3. The highest BCUT2D eigenvalue weighted by Crippen LogP contribution is 2.27. The molecular weight excluding hydrogens is 480 g/mol. The van der Waals surface area contributed by atoms with Crippen LogP contribution in [0.25, 0.3) is 22.7 Å². The number of aromatic nitrogens is 5. The first-order valence-corrected chi connectivity index (χ1v) is 12.5. The summed E-state index contributed by atoms with van der Waals surface area (Å²) >= 11 is 0. The summed E-state index contributed by atoms with van der Waals surface area (Å²) in [5, 5.41) is 4.44. The third-order valence-corrected chi connectivity index (χ3v) is 7.16. The molecule has 9 heteroatoms. The van der Waals surface area contributed by atoms with Gasteiger partial charge in [-0.2, -0.15) is 5.10 Å². The summed E-state index contributed by atoms with van der Waals surface area (Å²) in [4.78, 5) is 24.3. The minimum Gasteiger partial charge on any atom is -0.490 e. The Kier molecular flexibility index (Phi) is 7.02. The topological polar surface area (TPSA) is 87.3 Å². The Labute approximate surface area is 222 Å². The van der Waals surface area contributed by atoms with Gasteiger partial charge in [-0.05, 0) is 62.9 Å². The Bertz CT molecular complexity index is 1520. The van der Waals surface area contributed by atoms with Crippen molar-refractivity contribution < 1.29 is 14.3 Å². The van der Waals surface area contributed by atoms with Gasteiger partial charge in [-0.15, -0.1) is 6.42 Å². The number of hydrogen-bond donors (Lipinski definition) is 0. The van der Waals surface area contributed by atoms with E-state index in [-0.39, 0.29) is 19.3 Å². The minimum absolute atomic E-state index is 0. The van der Waals surface area contributed by atoms with Crippen molar-refractivity contribution in [2.24, 2.45) is 0 Å². The molecule has 38 heavy (non-hydrogen) atoms. The number of rotatable bonds is 6. The fourth-order valence-electron chi connectivity index (χ4n) is 5.00. The molecule has 3 aromatic heterocycles. The largest absolute Gasteiger partial charge is 0.490 e. The lowest BCUT2D eigenvalue weighted by molar-refractivity contribution is -0.0778. The van der Waals surface area contributed by atoms with Crippen LogP contribution in [0.15, 0.2) is 42.7 Å². The molecule has 0 bridgehead atoms. The van der Waals surface area contributed by atoms with Crippen LogP contribution in [0.2, 0.25) is 0 Å². The molecule has 0 N–H and O–H groups in total. The van der Waals surface area contributed by atoms with Crippen LogP contribution in [0.3, 0.4) is 0 Å². The van der Waals surface area contributed by atoms with Gasteiger partial charge in [0.05, 0.1) is 35.9 Å². The van der Waals surface area contributed by atoms with Crippen molar-refractivity contribution in [2.75, 3.05) is 26.3 Å². The van der Waals surface area contributed by atoms with E-state index in [1.807, 2.05) is 35.8 Å². The number of carbonyl (C=O) groups is 1. The Morgan fingerprint density at radius 1 is 1.16 bits per heavy atom. The molecule has 2 aliphatic heterocycles. The number of ketones is 1.